The van der Waals surface area contributed by atoms with Gasteiger partial charge in [-0.05, 0) is 42.8 Å². The van der Waals surface area contributed by atoms with Gasteiger partial charge in [-0.1, -0.05) is 24.1 Å². The molecule has 2 aromatic carbocycles. The number of benzene rings is 2. The monoisotopic (exact) mass is 766 g/mol. The molecule has 2 aromatic heterocycles. The number of terminal acetylenes is 1. The molecule has 11 nitrogen and oxygen atoms in total. The van der Waals surface area contributed by atoms with Gasteiger partial charge in [0.1, 0.15) is 35.2 Å². The van der Waals surface area contributed by atoms with Crippen LogP contribution in [0.3, 0.4) is 0 Å². The Hall–Kier alpha value is -5.82. The molecule has 2 saturated heterocycles. The van der Waals surface area contributed by atoms with Crippen LogP contribution in [0, 0.1) is 24.0 Å². The Kier molecular flexibility index (Phi) is 11.9. The first kappa shape index (κ1) is 40.4. The van der Waals surface area contributed by atoms with Gasteiger partial charge in [0, 0.05) is 64.2 Å². The zero-order chi connectivity index (χ0) is 40.2. The molecule has 2 aliphatic rings. The van der Waals surface area contributed by atoms with E-state index in [-0.39, 0.29) is 52.3 Å². The van der Waals surface area contributed by atoms with Gasteiger partial charge in [-0.25, -0.2) is 13.6 Å². The number of carbonyl (C=O) groups excluding carboxylic acids is 2. The lowest BCUT2D eigenvalue weighted by atomic mass is 9.95. The van der Waals surface area contributed by atoms with Crippen LogP contribution < -0.4 is 9.64 Å². The molecule has 0 radical (unpaired) electrons. The normalized spacial score (nSPS) is 17.8. The van der Waals surface area contributed by atoms with E-state index in [1.807, 2.05) is 4.90 Å². The van der Waals surface area contributed by atoms with Crippen molar-refractivity contribution in [2.45, 2.75) is 50.6 Å². The van der Waals surface area contributed by atoms with Gasteiger partial charge in [0.15, 0.2) is 12.0 Å². The summed E-state index contributed by atoms with van der Waals surface area (Å²) in [5.74, 6) is -0.702. The van der Waals surface area contributed by atoms with Crippen LogP contribution in [0.5, 0.6) is 11.8 Å². The van der Waals surface area contributed by atoms with E-state index in [4.69, 9.17) is 20.9 Å². The van der Waals surface area contributed by atoms with Crippen LogP contribution in [0.2, 0.25) is 0 Å². The molecule has 55 heavy (non-hydrogen) atoms. The average Bonchev–Trinajstić information content (AvgIpc) is 3.70. The van der Waals surface area contributed by atoms with E-state index in [0.29, 0.717) is 43.0 Å². The van der Waals surface area contributed by atoms with Gasteiger partial charge in [0.2, 0.25) is 5.78 Å². The molecule has 290 valence electrons. The number of aromatic nitrogens is 3. The van der Waals surface area contributed by atoms with Gasteiger partial charge in [-0.2, -0.15) is 23.1 Å². The Morgan fingerprint density at radius 1 is 1.15 bits per heavy atom. The predicted octanol–water partition coefficient (Wildman–Crippen LogP) is 7.16. The van der Waals surface area contributed by atoms with Crippen LogP contribution in [0.15, 0.2) is 55.8 Å². The predicted molar refractivity (Wildman–Crippen MR) is 196 cm³/mol. The average molecular weight is 767 g/mol. The number of hydrogen-bond acceptors (Lipinski definition) is 10. The smallest absolute Gasteiger partial charge is 0.449 e. The lowest BCUT2D eigenvalue weighted by molar-refractivity contribution is -0.168. The Labute approximate surface area is 314 Å². The van der Waals surface area contributed by atoms with E-state index in [1.165, 1.54) is 35.4 Å². The third kappa shape index (κ3) is 8.31. The van der Waals surface area contributed by atoms with Crippen molar-refractivity contribution in [3.63, 3.8) is 0 Å². The number of aromatic hydroxyl groups is 1. The highest BCUT2D eigenvalue weighted by molar-refractivity contribution is 6.03. The number of carbonyl (C=O) groups is 2. The summed E-state index contributed by atoms with van der Waals surface area (Å²) in [7, 11) is 3.29. The Morgan fingerprint density at radius 2 is 1.84 bits per heavy atom. The Balaban J connectivity index is 0.000000757. The van der Waals surface area contributed by atoms with Crippen LogP contribution in [0.4, 0.5) is 32.6 Å². The molecule has 4 heterocycles. The number of phenols is 1. The van der Waals surface area contributed by atoms with Crippen molar-refractivity contribution in [1.29, 1.82) is 0 Å². The molecule has 2 aliphatic heterocycles. The fourth-order valence-corrected chi connectivity index (χ4v) is 6.82. The van der Waals surface area contributed by atoms with E-state index < -0.39 is 35.2 Å². The standard InChI is InChI=1S/C36H36F2N6O4.C3H3F3O/c1-6-15-43(16-7-2)33-26-20-39-31(25-19-23(45)18-22-10-11-27(37)24(8-3)29(22)25)30(38)32(26)40-34(41-33)47-21-36-13-9-17-44(36)28(12-14-36)48-35(46)42(4)5;1-2(7)3(4,5)6/h3,6-7,10-11,18-20,28,45H,1-2,9,12-17,21H2,4-5H3;1H3. The van der Waals surface area contributed by atoms with Crippen LogP contribution in [-0.2, 0) is 9.53 Å². The van der Waals surface area contributed by atoms with Gasteiger partial charge >= 0.3 is 18.3 Å². The number of ketones is 1. The largest absolute Gasteiger partial charge is 0.508 e. The molecule has 6 rings (SSSR count). The van der Waals surface area contributed by atoms with E-state index in [2.05, 4.69) is 33.9 Å². The summed E-state index contributed by atoms with van der Waals surface area (Å²) in [6, 6.07) is 5.33. The van der Waals surface area contributed by atoms with Gasteiger partial charge in [-0.3, -0.25) is 14.7 Å². The topological polar surface area (TPSA) is 121 Å². The maximum Gasteiger partial charge on any atom is 0.449 e. The molecule has 1 N–H and O–H groups in total. The minimum atomic E-state index is -4.64. The molecule has 0 bridgehead atoms. The van der Waals surface area contributed by atoms with Crippen molar-refractivity contribution in [3.05, 3.63) is 73.0 Å². The minimum absolute atomic E-state index is 0.0576. The minimum Gasteiger partial charge on any atom is -0.508 e. The number of ether oxygens (including phenoxy) is 2. The SMILES string of the molecule is C#Cc1c(F)ccc2cc(O)cc(-c3ncc4c(N(CC=C)CC=C)nc(OCC56CCCN5C(OC(=O)N(C)C)CC6)nc4c3F)c12.CC(=O)C(F)(F)F. The van der Waals surface area contributed by atoms with Gasteiger partial charge < -0.3 is 24.4 Å². The summed E-state index contributed by atoms with van der Waals surface area (Å²) in [6.45, 7) is 9.84. The Bertz CT molecular complexity index is 2180. The van der Waals surface area contributed by atoms with Crippen LogP contribution in [0.1, 0.15) is 38.2 Å². The summed E-state index contributed by atoms with van der Waals surface area (Å²) in [6.07, 6.45) is 8.17. The molecule has 1 amide bonds. The third-order valence-electron chi connectivity index (χ3n) is 9.42. The number of rotatable bonds is 10. The first-order valence-corrected chi connectivity index (χ1v) is 17.2. The molecular weight excluding hydrogens is 727 g/mol. The van der Waals surface area contributed by atoms with Crippen molar-refractivity contribution in [2.24, 2.45) is 0 Å². The summed E-state index contributed by atoms with van der Waals surface area (Å²) >= 11 is 0. The summed E-state index contributed by atoms with van der Waals surface area (Å²) in [4.78, 5) is 40.7. The number of Topliss-reactive ketones (excluding diaryl/α,β-unsaturated/α-hetero) is 1. The van der Waals surface area contributed by atoms with Crippen molar-refractivity contribution >= 4 is 39.4 Å². The molecule has 16 heteroatoms. The quantitative estimate of drug-likeness (QED) is 0.101. The van der Waals surface area contributed by atoms with Gasteiger partial charge in [0.05, 0.1) is 16.5 Å². The highest BCUT2D eigenvalue weighted by atomic mass is 19.4. The van der Waals surface area contributed by atoms with Crippen molar-refractivity contribution in [1.82, 2.24) is 24.8 Å². The second-order valence-corrected chi connectivity index (χ2v) is 13.3. The van der Waals surface area contributed by atoms with Crippen LogP contribution in [0.25, 0.3) is 32.9 Å². The Morgan fingerprint density at radius 3 is 2.45 bits per heavy atom. The molecule has 2 atom stereocenters. The summed E-state index contributed by atoms with van der Waals surface area (Å²) in [5.41, 5.74) is -0.639. The van der Waals surface area contributed by atoms with Crippen LogP contribution >= 0.6 is 0 Å². The molecule has 2 fully saturated rings. The number of fused-ring (bicyclic) bond motifs is 3. The molecule has 2 unspecified atom stereocenters. The second kappa shape index (κ2) is 16.3. The molecule has 0 aliphatic carbocycles. The summed E-state index contributed by atoms with van der Waals surface area (Å²) in [5, 5.41) is 11.5. The first-order valence-electron chi connectivity index (χ1n) is 17.2. The number of hydrogen-bond donors (Lipinski definition) is 1. The lowest BCUT2D eigenvalue weighted by Gasteiger charge is -2.34. The van der Waals surface area contributed by atoms with Crippen molar-refractivity contribution in [2.75, 3.05) is 45.2 Å². The fourth-order valence-electron chi connectivity index (χ4n) is 6.82. The van der Waals surface area contributed by atoms with E-state index in [9.17, 15) is 32.3 Å². The van der Waals surface area contributed by atoms with Crippen molar-refractivity contribution < 1.29 is 46.1 Å². The maximum atomic E-state index is 16.8. The van der Waals surface area contributed by atoms with Gasteiger partial charge in [-0.15, -0.1) is 19.6 Å². The maximum absolute atomic E-state index is 16.8. The number of alkyl halides is 3. The van der Waals surface area contributed by atoms with Crippen molar-refractivity contribution in [3.8, 4) is 35.4 Å². The fraction of sp³-hybridized carbons (Fsp3) is 0.359. The number of halogens is 5. The van der Waals surface area contributed by atoms with E-state index >= 15 is 4.39 Å². The zero-order valence-corrected chi connectivity index (χ0v) is 30.4. The van der Waals surface area contributed by atoms with Crippen LogP contribution in [-0.4, -0.2) is 100 Å². The lowest BCUT2D eigenvalue weighted by Crippen LogP contribution is -2.48. The third-order valence-corrected chi connectivity index (χ3v) is 9.42. The van der Waals surface area contributed by atoms with Gasteiger partial charge in [0.25, 0.3) is 0 Å². The second-order valence-electron chi connectivity index (χ2n) is 13.3. The number of pyridine rings is 1. The number of amides is 1. The highest BCUT2D eigenvalue weighted by Gasteiger charge is 2.51. The molecule has 0 saturated carbocycles. The number of phenolic OH excluding ortho intramolecular Hbond substituents is 1. The van der Waals surface area contributed by atoms with E-state index in [0.717, 1.165) is 25.8 Å². The number of anilines is 1. The van der Waals surface area contributed by atoms with E-state index in [1.54, 1.807) is 26.2 Å². The molecule has 0 spiro atoms. The molecule has 4 aromatic rings. The zero-order valence-electron chi connectivity index (χ0n) is 30.4. The first-order chi connectivity index (χ1) is 26.0. The number of nitrogens with zero attached hydrogens (tertiary/aromatic N) is 6. The molecular formula is C39H39F5N6O5. The summed E-state index contributed by atoms with van der Waals surface area (Å²) < 4.78 is 76.1. The highest BCUT2D eigenvalue weighted by Crippen LogP contribution is 2.44.